The maximum atomic E-state index is 12.1. The van der Waals surface area contributed by atoms with Gasteiger partial charge in [-0.15, -0.1) is 6.42 Å². The SMILES string of the molecule is C#Cc1cccc(NC(=O)N[C@H](CC)CN2CCCC2)c1. The lowest BCUT2D eigenvalue weighted by Gasteiger charge is -2.23. The van der Waals surface area contributed by atoms with E-state index in [4.69, 9.17) is 6.42 Å². The molecule has 0 bridgehead atoms. The number of benzene rings is 1. The van der Waals surface area contributed by atoms with E-state index in [-0.39, 0.29) is 12.1 Å². The van der Waals surface area contributed by atoms with E-state index in [1.807, 2.05) is 18.2 Å². The molecular formula is C17H23N3O. The Labute approximate surface area is 126 Å². The highest BCUT2D eigenvalue weighted by atomic mass is 16.2. The summed E-state index contributed by atoms with van der Waals surface area (Å²) in [6.45, 7) is 5.31. The lowest BCUT2D eigenvalue weighted by atomic mass is 10.2. The van der Waals surface area contributed by atoms with Gasteiger partial charge in [-0.3, -0.25) is 0 Å². The molecule has 1 aromatic rings. The van der Waals surface area contributed by atoms with Gasteiger partial charge in [0, 0.05) is 23.8 Å². The van der Waals surface area contributed by atoms with Crippen molar-refractivity contribution < 1.29 is 4.79 Å². The van der Waals surface area contributed by atoms with Crippen molar-refractivity contribution in [3.8, 4) is 12.3 Å². The predicted octanol–water partition coefficient (Wildman–Crippen LogP) is 2.66. The lowest BCUT2D eigenvalue weighted by molar-refractivity contribution is 0.239. The van der Waals surface area contributed by atoms with E-state index < -0.39 is 0 Å². The first-order chi connectivity index (χ1) is 10.2. The van der Waals surface area contributed by atoms with E-state index in [9.17, 15) is 4.79 Å². The van der Waals surface area contributed by atoms with Crippen LogP contribution < -0.4 is 10.6 Å². The molecule has 112 valence electrons. The average molecular weight is 285 g/mol. The molecule has 0 radical (unpaired) electrons. The molecule has 1 saturated heterocycles. The number of amides is 2. The fourth-order valence-corrected chi connectivity index (χ4v) is 2.59. The largest absolute Gasteiger partial charge is 0.334 e. The number of hydrogen-bond acceptors (Lipinski definition) is 2. The van der Waals surface area contributed by atoms with Crippen molar-refractivity contribution in [2.75, 3.05) is 25.0 Å². The highest BCUT2D eigenvalue weighted by Gasteiger charge is 2.17. The van der Waals surface area contributed by atoms with Gasteiger partial charge in [0.15, 0.2) is 0 Å². The maximum Gasteiger partial charge on any atom is 0.319 e. The molecule has 21 heavy (non-hydrogen) atoms. The van der Waals surface area contributed by atoms with Gasteiger partial charge in [0.1, 0.15) is 0 Å². The third-order valence-corrected chi connectivity index (χ3v) is 3.79. The fourth-order valence-electron chi connectivity index (χ4n) is 2.59. The second-order valence-corrected chi connectivity index (χ2v) is 5.44. The third-order valence-electron chi connectivity index (χ3n) is 3.79. The number of anilines is 1. The first-order valence-electron chi connectivity index (χ1n) is 7.58. The first-order valence-corrected chi connectivity index (χ1v) is 7.58. The van der Waals surface area contributed by atoms with Crippen LogP contribution in [-0.2, 0) is 0 Å². The molecule has 2 amide bonds. The van der Waals surface area contributed by atoms with Gasteiger partial charge in [-0.25, -0.2) is 4.79 Å². The van der Waals surface area contributed by atoms with E-state index in [0.717, 1.165) is 37.3 Å². The van der Waals surface area contributed by atoms with E-state index >= 15 is 0 Å². The summed E-state index contributed by atoms with van der Waals surface area (Å²) in [6, 6.07) is 7.31. The quantitative estimate of drug-likeness (QED) is 0.817. The van der Waals surface area contributed by atoms with Crippen LogP contribution in [0.2, 0.25) is 0 Å². The third kappa shape index (κ3) is 4.80. The Morgan fingerprint density at radius 1 is 1.43 bits per heavy atom. The molecule has 1 aromatic carbocycles. The van der Waals surface area contributed by atoms with Crippen molar-refractivity contribution in [1.29, 1.82) is 0 Å². The van der Waals surface area contributed by atoms with Gasteiger partial charge >= 0.3 is 6.03 Å². The molecule has 1 fully saturated rings. The van der Waals surface area contributed by atoms with Gasteiger partial charge in [-0.05, 0) is 50.6 Å². The van der Waals surface area contributed by atoms with Crippen molar-refractivity contribution in [3.63, 3.8) is 0 Å². The Kier molecular flexibility index (Phi) is 5.65. The van der Waals surface area contributed by atoms with Gasteiger partial charge < -0.3 is 15.5 Å². The minimum absolute atomic E-state index is 0.171. The molecule has 1 atom stereocenters. The molecule has 1 aliphatic heterocycles. The smallest absolute Gasteiger partial charge is 0.319 e. The topological polar surface area (TPSA) is 44.4 Å². The number of likely N-dealkylation sites (tertiary alicyclic amines) is 1. The number of carbonyl (C=O) groups is 1. The Bertz CT molecular complexity index is 515. The number of nitrogens with zero attached hydrogens (tertiary/aromatic N) is 1. The molecule has 0 aromatic heterocycles. The van der Waals surface area contributed by atoms with Crippen molar-refractivity contribution in [1.82, 2.24) is 10.2 Å². The molecular weight excluding hydrogens is 262 g/mol. The van der Waals surface area contributed by atoms with Crippen molar-refractivity contribution >= 4 is 11.7 Å². The normalized spacial score (nSPS) is 16.2. The summed E-state index contributed by atoms with van der Waals surface area (Å²) in [4.78, 5) is 14.5. The minimum atomic E-state index is -0.171. The predicted molar refractivity (Wildman–Crippen MR) is 86.3 cm³/mol. The Morgan fingerprint density at radius 2 is 2.19 bits per heavy atom. The van der Waals surface area contributed by atoms with Crippen LogP contribution in [-0.4, -0.2) is 36.6 Å². The molecule has 2 N–H and O–H groups in total. The Balaban J connectivity index is 1.85. The summed E-state index contributed by atoms with van der Waals surface area (Å²) < 4.78 is 0. The van der Waals surface area contributed by atoms with Crippen LogP contribution in [0, 0.1) is 12.3 Å². The first kappa shape index (κ1) is 15.4. The average Bonchev–Trinajstić information content (AvgIpc) is 2.99. The molecule has 1 heterocycles. The molecule has 0 spiro atoms. The lowest BCUT2D eigenvalue weighted by Crippen LogP contribution is -2.44. The maximum absolute atomic E-state index is 12.1. The van der Waals surface area contributed by atoms with Crippen LogP contribution in [0.15, 0.2) is 24.3 Å². The Morgan fingerprint density at radius 3 is 2.86 bits per heavy atom. The number of urea groups is 1. The number of terminal acetylenes is 1. The molecule has 4 heteroatoms. The van der Waals surface area contributed by atoms with E-state index in [0.29, 0.717) is 0 Å². The standard InChI is InChI=1S/C17H23N3O/c1-3-14-8-7-9-16(12-14)19-17(21)18-15(4-2)13-20-10-5-6-11-20/h1,7-9,12,15H,4-6,10-11,13H2,2H3,(H2,18,19,21)/t15-/m1/s1. The number of rotatable bonds is 5. The number of hydrogen-bond donors (Lipinski definition) is 2. The molecule has 0 saturated carbocycles. The van der Waals surface area contributed by atoms with Crippen LogP contribution >= 0.6 is 0 Å². The van der Waals surface area contributed by atoms with Gasteiger partial charge in [0.2, 0.25) is 0 Å². The van der Waals surface area contributed by atoms with Crippen LogP contribution in [0.5, 0.6) is 0 Å². The second kappa shape index (κ2) is 7.70. The minimum Gasteiger partial charge on any atom is -0.334 e. The number of nitrogens with one attached hydrogen (secondary N) is 2. The van der Waals surface area contributed by atoms with Crippen LogP contribution in [0.25, 0.3) is 0 Å². The van der Waals surface area contributed by atoms with Gasteiger partial charge in [0.05, 0.1) is 0 Å². The highest BCUT2D eigenvalue weighted by molar-refractivity contribution is 5.89. The molecule has 1 aliphatic rings. The monoisotopic (exact) mass is 285 g/mol. The summed E-state index contributed by atoms with van der Waals surface area (Å²) in [5.74, 6) is 2.56. The molecule has 0 aliphatic carbocycles. The van der Waals surface area contributed by atoms with Crippen LogP contribution in [0.4, 0.5) is 10.5 Å². The molecule has 2 rings (SSSR count). The summed E-state index contributed by atoms with van der Waals surface area (Å²) in [7, 11) is 0. The second-order valence-electron chi connectivity index (χ2n) is 5.44. The Hall–Kier alpha value is -1.99. The zero-order valence-corrected chi connectivity index (χ0v) is 12.6. The summed E-state index contributed by atoms with van der Waals surface area (Å²) in [5, 5.41) is 5.88. The summed E-state index contributed by atoms with van der Waals surface area (Å²) >= 11 is 0. The highest BCUT2D eigenvalue weighted by Crippen LogP contribution is 2.11. The van der Waals surface area contributed by atoms with Crippen molar-refractivity contribution in [2.24, 2.45) is 0 Å². The summed E-state index contributed by atoms with van der Waals surface area (Å²) in [5.41, 5.74) is 1.48. The van der Waals surface area contributed by atoms with Crippen molar-refractivity contribution in [2.45, 2.75) is 32.2 Å². The summed E-state index contributed by atoms with van der Waals surface area (Å²) in [6.07, 6.45) is 8.81. The molecule has 4 nitrogen and oxygen atoms in total. The van der Waals surface area contributed by atoms with Gasteiger partial charge in [0.25, 0.3) is 0 Å². The van der Waals surface area contributed by atoms with Crippen LogP contribution in [0.1, 0.15) is 31.7 Å². The van der Waals surface area contributed by atoms with E-state index in [1.54, 1.807) is 6.07 Å². The van der Waals surface area contributed by atoms with E-state index in [2.05, 4.69) is 28.4 Å². The zero-order chi connectivity index (χ0) is 15.1. The van der Waals surface area contributed by atoms with Gasteiger partial charge in [-0.2, -0.15) is 0 Å². The van der Waals surface area contributed by atoms with Crippen LogP contribution in [0.3, 0.4) is 0 Å². The zero-order valence-electron chi connectivity index (χ0n) is 12.6. The van der Waals surface area contributed by atoms with Crippen molar-refractivity contribution in [3.05, 3.63) is 29.8 Å². The molecule has 0 unspecified atom stereocenters. The van der Waals surface area contributed by atoms with E-state index in [1.165, 1.54) is 12.8 Å². The van der Waals surface area contributed by atoms with Gasteiger partial charge in [-0.1, -0.05) is 18.9 Å². The number of carbonyl (C=O) groups excluding carboxylic acids is 1. The fraction of sp³-hybridized carbons (Fsp3) is 0.471.